The number of hydrogen-bond donors (Lipinski definition) is 1. The number of ether oxygens (including phenoxy) is 2. The molecule has 3 rings (SSSR count). The Balaban J connectivity index is 1.62. The summed E-state index contributed by atoms with van der Waals surface area (Å²) in [6.45, 7) is 1.20. The van der Waals surface area contributed by atoms with Crippen molar-refractivity contribution >= 4 is 17.7 Å². The number of carbonyl (C=O) groups is 2. The molecule has 3 aromatic heterocycles. The highest BCUT2D eigenvalue weighted by Gasteiger charge is 2.17. The Labute approximate surface area is 148 Å². The summed E-state index contributed by atoms with van der Waals surface area (Å²) in [6.07, 6.45) is 4.55. The van der Waals surface area contributed by atoms with Crippen LogP contribution in [0.25, 0.3) is 0 Å². The fourth-order valence-electron chi connectivity index (χ4n) is 1.96. The molecule has 26 heavy (non-hydrogen) atoms. The van der Waals surface area contributed by atoms with Crippen LogP contribution in [-0.2, 0) is 9.53 Å². The average Bonchev–Trinajstić information content (AvgIpc) is 3.06. The third kappa shape index (κ3) is 4.41. The Hall–Kier alpha value is -3.75. The van der Waals surface area contributed by atoms with Crippen molar-refractivity contribution in [2.75, 3.05) is 11.9 Å². The zero-order valence-electron chi connectivity index (χ0n) is 13.7. The van der Waals surface area contributed by atoms with Gasteiger partial charge in [0.25, 0.3) is 5.91 Å². The van der Waals surface area contributed by atoms with Gasteiger partial charge in [-0.15, -0.1) is 0 Å². The fourth-order valence-corrected chi connectivity index (χ4v) is 1.96. The van der Waals surface area contributed by atoms with Gasteiger partial charge in [-0.05, 0) is 31.2 Å². The average molecular weight is 354 g/mol. The minimum atomic E-state index is -0.747. The van der Waals surface area contributed by atoms with Crippen molar-refractivity contribution in [3.05, 3.63) is 60.2 Å². The van der Waals surface area contributed by atoms with Crippen LogP contribution in [0.5, 0.6) is 11.6 Å². The molecule has 0 aliphatic heterocycles. The lowest BCUT2D eigenvalue weighted by atomic mass is 10.3. The summed E-state index contributed by atoms with van der Waals surface area (Å²) in [5.41, 5.74) is 0.0847. The van der Waals surface area contributed by atoms with Crippen LogP contribution in [-0.4, -0.2) is 33.6 Å². The van der Waals surface area contributed by atoms with Gasteiger partial charge in [0.2, 0.25) is 5.88 Å². The minimum Gasteiger partial charge on any atom is -0.452 e. The summed E-state index contributed by atoms with van der Waals surface area (Å²) in [7, 11) is 0. The highest BCUT2D eigenvalue weighted by Crippen LogP contribution is 2.22. The lowest BCUT2D eigenvalue weighted by molar-refractivity contribution is -0.119. The Morgan fingerprint density at radius 2 is 2.08 bits per heavy atom. The van der Waals surface area contributed by atoms with Crippen molar-refractivity contribution < 1.29 is 23.6 Å². The number of esters is 1. The molecule has 1 N–H and O–H groups in total. The maximum absolute atomic E-state index is 12.2. The monoisotopic (exact) mass is 354 g/mol. The van der Waals surface area contributed by atoms with Crippen LogP contribution in [0.15, 0.2) is 53.4 Å². The maximum Gasteiger partial charge on any atom is 0.344 e. The molecule has 0 radical (unpaired) electrons. The molecule has 0 atom stereocenters. The van der Waals surface area contributed by atoms with Gasteiger partial charge in [-0.25, -0.2) is 9.78 Å². The van der Waals surface area contributed by atoms with Gasteiger partial charge in [0.1, 0.15) is 17.1 Å². The van der Waals surface area contributed by atoms with E-state index in [1.54, 1.807) is 37.4 Å². The molecular weight excluding hydrogens is 340 g/mol. The first-order chi connectivity index (χ1) is 12.6. The maximum atomic E-state index is 12.2. The SMILES string of the molecule is Cc1cc(NC(=O)COC(=O)c2cccnc2Oc2cccnc2)no1. The highest BCUT2D eigenvalue weighted by molar-refractivity contribution is 5.96. The molecule has 0 fully saturated rings. The van der Waals surface area contributed by atoms with Gasteiger partial charge < -0.3 is 19.3 Å². The first-order valence-corrected chi connectivity index (χ1v) is 7.55. The molecule has 1 amide bonds. The minimum absolute atomic E-state index is 0.0537. The van der Waals surface area contributed by atoms with Crippen molar-refractivity contribution in [3.63, 3.8) is 0 Å². The van der Waals surface area contributed by atoms with Gasteiger partial charge in [0.05, 0.1) is 6.20 Å². The molecule has 9 heteroatoms. The van der Waals surface area contributed by atoms with Gasteiger partial charge in [-0.1, -0.05) is 5.16 Å². The normalized spacial score (nSPS) is 10.2. The quantitative estimate of drug-likeness (QED) is 0.671. The highest BCUT2D eigenvalue weighted by atomic mass is 16.5. The van der Waals surface area contributed by atoms with E-state index < -0.39 is 18.5 Å². The third-order valence-corrected chi connectivity index (χ3v) is 3.07. The van der Waals surface area contributed by atoms with Crippen molar-refractivity contribution in [2.24, 2.45) is 0 Å². The lowest BCUT2D eigenvalue weighted by Gasteiger charge is -2.09. The van der Waals surface area contributed by atoms with Gasteiger partial charge in [0, 0.05) is 18.5 Å². The third-order valence-electron chi connectivity index (χ3n) is 3.07. The number of rotatable bonds is 6. The topological polar surface area (TPSA) is 116 Å². The largest absolute Gasteiger partial charge is 0.452 e. The number of nitrogens with zero attached hydrogens (tertiary/aromatic N) is 3. The molecule has 0 saturated carbocycles. The van der Waals surface area contributed by atoms with Gasteiger partial charge in [0.15, 0.2) is 12.4 Å². The summed E-state index contributed by atoms with van der Waals surface area (Å²) >= 11 is 0. The first-order valence-electron chi connectivity index (χ1n) is 7.55. The number of nitrogens with one attached hydrogen (secondary N) is 1. The molecule has 0 bridgehead atoms. The Bertz CT molecular complexity index is 910. The van der Waals surface area contributed by atoms with Crippen molar-refractivity contribution in [1.29, 1.82) is 0 Å². The van der Waals surface area contributed by atoms with Crippen LogP contribution in [0.1, 0.15) is 16.1 Å². The molecule has 9 nitrogen and oxygen atoms in total. The number of carbonyl (C=O) groups excluding carboxylic acids is 2. The number of aryl methyl sites for hydroxylation is 1. The Morgan fingerprint density at radius 1 is 1.23 bits per heavy atom. The Kier molecular flexibility index (Phi) is 5.18. The second kappa shape index (κ2) is 7.88. The van der Waals surface area contributed by atoms with E-state index in [1.165, 1.54) is 18.5 Å². The molecule has 132 valence electrons. The summed E-state index contributed by atoms with van der Waals surface area (Å²) in [6, 6.07) is 7.95. The molecule has 3 heterocycles. The number of aromatic nitrogens is 3. The predicted molar refractivity (Wildman–Crippen MR) is 88.7 cm³/mol. The first kappa shape index (κ1) is 17.1. The molecule has 0 aliphatic rings. The van der Waals surface area contributed by atoms with E-state index in [0.717, 1.165) is 0 Å². The summed E-state index contributed by atoms with van der Waals surface area (Å²) in [5.74, 6) is -0.0402. The van der Waals surface area contributed by atoms with E-state index in [-0.39, 0.29) is 17.3 Å². The molecule has 0 saturated heterocycles. The number of anilines is 1. The molecule has 0 aliphatic carbocycles. The smallest absolute Gasteiger partial charge is 0.344 e. The van der Waals surface area contributed by atoms with Gasteiger partial charge in [-0.3, -0.25) is 9.78 Å². The van der Waals surface area contributed by atoms with Crippen molar-refractivity contribution in [3.8, 4) is 11.6 Å². The van der Waals surface area contributed by atoms with E-state index in [1.807, 2.05) is 0 Å². The fraction of sp³-hybridized carbons (Fsp3) is 0.118. The van der Waals surface area contributed by atoms with Gasteiger partial charge >= 0.3 is 5.97 Å². The molecule has 0 aromatic carbocycles. The van der Waals surface area contributed by atoms with E-state index in [0.29, 0.717) is 11.5 Å². The second-order valence-corrected chi connectivity index (χ2v) is 5.09. The second-order valence-electron chi connectivity index (χ2n) is 5.09. The van der Waals surface area contributed by atoms with Crippen molar-refractivity contribution in [1.82, 2.24) is 15.1 Å². The van der Waals surface area contributed by atoms with Crippen LogP contribution in [0.4, 0.5) is 5.82 Å². The van der Waals surface area contributed by atoms with Crippen LogP contribution in [0, 0.1) is 6.92 Å². The predicted octanol–water partition coefficient (Wildman–Crippen LogP) is 2.36. The standard InChI is InChI=1S/C17H14N4O5/c1-11-8-14(21-26-11)20-15(22)10-24-17(23)13-5-3-7-19-16(13)25-12-4-2-6-18-9-12/h2-9H,10H2,1H3,(H,20,21,22). The Morgan fingerprint density at radius 3 is 2.81 bits per heavy atom. The molecule has 0 spiro atoms. The van der Waals surface area contributed by atoms with Crippen LogP contribution in [0.2, 0.25) is 0 Å². The van der Waals surface area contributed by atoms with Crippen molar-refractivity contribution in [2.45, 2.75) is 6.92 Å². The number of amides is 1. The summed E-state index contributed by atoms with van der Waals surface area (Å²) < 4.78 is 15.4. The van der Waals surface area contributed by atoms with E-state index in [9.17, 15) is 9.59 Å². The lowest BCUT2D eigenvalue weighted by Crippen LogP contribution is -2.21. The van der Waals surface area contributed by atoms with Crippen LogP contribution < -0.4 is 10.1 Å². The zero-order chi connectivity index (χ0) is 18.4. The van der Waals surface area contributed by atoms with E-state index in [2.05, 4.69) is 20.4 Å². The summed E-state index contributed by atoms with van der Waals surface area (Å²) in [5, 5.41) is 6.07. The molecular formula is C17H14N4O5. The number of hydrogen-bond acceptors (Lipinski definition) is 8. The van der Waals surface area contributed by atoms with E-state index in [4.69, 9.17) is 14.0 Å². The number of pyridine rings is 2. The van der Waals surface area contributed by atoms with Crippen LogP contribution in [0.3, 0.4) is 0 Å². The molecule has 3 aromatic rings. The summed E-state index contributed by atoms with van der Waals surface area (Å²) in [4.78, 5) is 32.0. The van der Waals surface area contributed by atoms with Crippen LogP contribution >= 0.6 is 0 Å². The van der Waals surface area contributed by atoms with E-state index >= 15 is 0 Å². The van der Waals surface area contributed by atoms with Gasteiger partial charge in [-0.2, -0.15) is 0 Å². The zero-order valence-corrected chi connectivity index (χ0v) is 13.7. The molecule has 0 unspecified atom stereocenters.